The number of aliphatic hydroxyl groups is 2. The Hall–Kier alpha value is -0.750. The van der Waals surface area contributed by atoms with Gasteiger partial charge in [-0.15, -0.1) is 0 Å². The van der Waals surface area contributed by atoms with Gasteiger partial charge in [-0.3, -0.25) is 4.79 Å². The summed E-state index contributed by atoms with van der Waals surface area (Å²) in [6.07, 6.45) is 6.51. The van der Waals surface area contributed by atoms with Crippen molar-refractivity contribution < 1.29 is 24.5 Å². The molecule has 0 aromatic heterocycles. The Morgan fingerprint density at radius 3 is 2.57 bits per heavy atom. The molecule has 0 amide bonds. The van der Waals surface area contributed by atoms with E-state index in [0.29, 0.717) is 12.5 Å². The van der Waals surface area contributed by atoms with E-state index in [1.54, 1.807) is 13.8 Å². The van der Waals surface area contributed by atoms with Crippen LogP contribution in [0.3, 0.4) is 0 Å². The van der Waals surface area contributed by atoms with Gasteiger partial charge in [-0.05, 0) is 61.7 Å². The second-order valence-electron chi connectivity index (χ2n) is 12.9. The van der Waals surface area contributed by atoms with E-state index in [4.69, 9.17) is 9.47 Å². The first-order chi connectivity index (χ1) is 13.8. The Balaban J connectivity index is 1.61. The van der Waals surface area contributed by atoms with Gasteiger partial charge >= 0.3 is 0 Å². The number of carbonyl (C=O) groups excluding carboxylic acids is 1. The van der Waals surface area contributed by atoms with Crippen molar-refractivity contribution in [1.82, 2.24) is 0 Å². The summed E-state index contributed by atoms with van der Waals surface area (Å²) in [6.45, 7) is 12.5. The van der Waals surface area contributed by atoms with Crippen LogP contribution in [0.15, 0.2) is 12.2 Å². The Morgan fingerprint density at radius 2 is 1.90 bits per heavy atom. The van der Waals surface area contributed by atoms with Crippen molar-refractivity contribution in [1.29, 1.82) is 0 Å². The lowest BCUT2D eigenvalue weighted by Gasteiger charge is -2.85. The third kappa shape index (κ3) is 1.73. The Labute approximate surface area is 179 Å². The summed E-state index contributed by atoms with van der Waals surface area (Å²) < 4.78 is 12.8. The summed E-state index contributed by atoms with van der Waals surface area (Å²) in [6, 6.07) is 0. The molecule has 2 spiro atoms. The molecule has 1 unspecified atom stereocenters. The molecule has 2 heterocycles. The third-order valence-corrected chi connectivity index (χ3v) is 10.4. The number of allylic oxidation sites excluding steroid dienone is 1. The van der Waals surface area contributed by atoms with Crippen LogP contribution in [0.5, 0.6) is 0 Å². The van der Waals surface area contributed by atoms with Crippen molar-refractivity contribution >= 4 is 5.78 Å². The third-order valence-electron chi connectivity index (χ3n) is 10.4. The highest BCUT2D eigenvalue weighted by Gasteiger charge is 2.93. The quantitative estimate of drug-likeness (QED) is 0.534. The number of aliphatic hydroxyl groups excluding tert-OH is 1. The van der Waals surface area contributed by atoms with Gasteiger partial charge in [-0.25, -0.2) is 0 Å². The van der Waals surface area contributed by atoms with E-state index in [1.807, 2.05) is 0 Å². The molecule has 9 atom stereocenters. The van der Waals surface area contributed by atoms with E-state index < -0.39 is 23.1 Å². The number of hydrogen-bond donors (Lipinski definition) is 2. The average Bonchev–Trinajstić information content (AvgIpc) is 2.59. The molecule has 2 bridgehead atoms. The van der Waals surface area contributed by atoms with Crippen molar-refractivity contribution in [2.45, 2.75) is 78.5 Å². The van der Waals surface area contributed by atoms with Crippen LogP contribution in [0, 0.1) is 51.2 Å². The smallest absolute Gasteiger partial charge is 0.211 e. The summed E-state index contributed by atoms with van der Waals surface area (Å²) in [4.78, 5) is 14.1. The first-order valence-electron chi connectivity index (χ1n) is 11.7. The molecular formula is C25H36O5. The van der Waals surface area contributed by atoms with E-state index in [1.165, 1.54) is 0 Å². The van der Waals surface area contributed by atoms with Crippen molar-refractivity contribution in [2.75, 3.05) is 6.61 Å². The fourth-order valence-electron chi connectivity index (χ4n) is 9.82. The molecule has 4 saturated carbocycles. The predicted molar refractivity (Wildman–Crippen MR) is 110 cm³/mol. The van der Waals surface area contributed by atoms with Crippen LogP contribution in [0.1, 0.15) is 60.8 Å². The van der Waals surface area contributed by atoms with E-state index in [2.05, 4.69) is 39.8 Å². The molecule has 5 heteroatoms. The standard InChI is InChI=1S/C25H36O5/c1-20(2)10-7-11-23-12-29-25(19(27)17(20)23,30-22(5,6)28)24-14(23)9-8-13-15(24)16(18(24)26)21(13,3)4/h7,11,13-17,19,27-28H,8-10,12H2,1-6H3/t13-,14+,15+,16?,17-,19+,23-,24-,25+/m1/s1. The number of ether oxygens (including phenoxy) is 2. The zero-order valence-electron chi connectivity index (χ0n) is 19.1. The summed E-state index contributed by atoms with van der Waals surface area (Å²) in [7, 11) is 0. The van der Waals surface area contributed by atoms with Crippen LogP contribution < -0.4 is 0 Å². The van der Waals surface area contributed by atoms with E-state index in [-0.39, 0.29) is 45.7 Å². The molecule has 5 nitrogen and oxygen atoms in total. The molecule has 166 valence electrons. The van der Waals surface area contributed by atoms with Crippen LogP contribution in [0.4, 0.5) is 0 Å². The van der Waals surface area contributed by atoms with Crippen LogP contribution >= 0.6 is 0 Å². The predicted octanol–water partition coefficient (Wildman–Crippen LogP) is 3.29. The fourth-order valence-corrected chi connectivity index (χ4v) is 9.82. The Bertz CT molecular complexity index is 867. The van der Waals surface area contributed by atoms with Gasteiger partial charge in [0.15, 0.2) is 5.79 Å². The number of Topliss-reactive ketones (excluding diaryl/α,β-unsaturated/α-hetero) is 1. The van der Waals surface area contributed by atoms with Crippen molar-refractivity contribution in [3.63, 3.8) is 0 Å². The van der Waals surface area contributed by atoms with Crippen LogP contribution in [-0.2, 0) is 14.3 Å². The number of ketones is 1. The molecule has 0 radical (unpaired) electrons. The Kier molecular flexibility index (Phi) is 3.37. The zero-order valence-corrected chi connectivity index (χ0v) is 19.1. The van der Waals surface area contributed by atoms with Gasteiger partial charge in [-0.2, -0.15) is 0 Å². The zero-order chi connectivity index (χ0) is 21.7. The average molecular weight is 417 g/mol. The van der Waals surface area contributed by atoms with Crippen LogP contribution in [0.25, 0.3) is 0 Å². The molecule has 2 aliphatic heterocycles. The second-order valence-corrected chi connectivity index (χ2v) is 12.9. The molecule has 0 aromatic carbocycles. The maximum absolute atomic E-state index is 14.1. The molecule has 30 heavy (non-hydrogen) atoms. The molecule has 6 fully saturated rings. The minimum absolute atomic E-state index is 0.00568. The SMILES string of the molecule is CC(C)(O)O[C@@]12OC[C@]3(C=CCC(C)(C)[C@H]3[C@@H]1O)[C@@H]1CC[C@@H]3[C@H]4C(C(=O)[C@]412)C3(C)C. The van der Waals surface area contributed by atoms with Crippen molar-refractivity contribution in [3.8, 4) is 0 Å². The van der Waals surface area contributed by atoms with Gasteiger partial charge in [0.25, 0.3) is 0 Å². The maximum atomic E-state index is 14.1. The van der Waals surface area contributed by atoms with E-state index >= 15 is 0 Å². The molecule has 5 aliphatic carbocycles. The van der Waals surface area contributed by atoms with Gasteiger partial charge in [0, 0.05) is 17.3 Å². The normalized spacial score (nSPS) is 56.3. The highest BCUT2D eigenvalue weighted by molar-refractivity contribution is 5.99. The molecular weight excluding hydrogens is 380 g/mol. The van der Waals surface area contributed by atoms with E-state index in [9.17, 15) is 15.0 Å². The van der Waals surface area contributed by atoms with Gasteiger partial charge < -0.3 is 19.7 Å². The maximum Gasteiger partial charge on any atom is 0.211 e. The minimum atomic E-state index is -1.51. The second kappa shape index (κ2) is 5.08. The van der Waals surface area contributed by atoms with Gasteiger partial charge in [-0.1, -0.05) is 39.8 Å². The van der Waals surface area contributed by atoms with Gasteiger partial charge in [0.2, 0.25) is 5.79 Å². The van der Waals surface area contributed by atoms with E-state index in [0.717, 1.165) is 19.3 Å². The summed E-state index contributed by atoms with van der Waals surface area (Å²) in [5.41, 5.74) is -1.36. The van der Waals surface area contributed by atoms with Crippen LogP contribution in [-0.4, -0.2) is 40.3 Å². The lowest BCUT2D eigenvalue weighted by molar-refractivity contribution is -0.505. The summed E-state index contributed by atoms with van der Waals surface area (Å²) in [5.74, 6) is -2.14. The number of hydrogen-bond acceptors (Lipinski definition) is 5. The highest BCUT2D eigenvalue weighted by Crippen LogP contribution is 2.86. The van der Waals surface area contributed by atoms with Gasteiger partial charge in [0.1, 0.15) is 11.9 Å². The van der Waals surface area contributed by atoms with Crippen LogP contribution in [0.2, 0.25) is 0 Å². The van der Waals surface area contributed by atoms with Gasteiger partial charge in [0.05, 0.1) is 12.0 Å². The largest absolute Gasteiger partial charge is 0.387 e. The fraction of sp³-hybridized carbons (Fsp3) is 0.880. The lowest BCUT2D eigenvalue weighted by atomic mass is 9.20. The number of carbonyl (C=O) groups is 1. The molecule has 0 aromatic rings. The topological polar surface area (TPSA) is 76.0 Å². The Morgan fingerprint density at radius 1 is 1.20 bits per heavy atom. The number of fused-ring (bicyclic) bond motifs is 1. The van der Waals surface area contributed by atoms with Crippen molar-refractivity contribution in [2.24, 2.45) is 51.2 Å². The molecule has 7 aliphatic rings. The minimum Gasteiger partial charge on any atom is -0.387 e. The van der Waals surface area contributed by atoms with Crippen molar-refractivity contribution in [3.05, 3.63) is 12.2 Å². The molecule has 2 saturated heterocycles. The molecule has 2 N–H and O–H groups in total. The number of rotatable bonds is 2. The molecule has 7 rings (SSSR count). The lowest BCUT2D eigenvalue weighted by Crippen LogP contribution is -2.93. The summed E-state index contributed by atoms with van der Waals surface area (Å²) in [5, 5.41) is 22.8. The monoisotopic (exact) mass is 416 g/mol. The first kappa shape index (κ1) is 19.9. The highest BCUT2D eigenvalue weighted by atomic mass is 16.8. The first-order valence-corrected chi connectivity index (χ1v) is 11.7. The summed E-state index contributed by atoms with van der Waals surface area (Å²) >= 11 is 0.